The van der Waals surface area contributed by atoms with Crippen LogP contribution in [-0.2, 0) is 0 Å². The van der Waals surface area contributed by atoms with Crippen LogP contribution in [0.2, 0.25) is 0 Å². The summed E-state index contributed by atoms with van der Waals surface area (Å²) in [5.41, 5.74) is 4.12. The highest BCUT2D eigenvalue weighted by molar-refractivity contribution is 5.99. The van der Waals surface area contributed by atoms with E-state index in [2.05, 4.69) is 99.5 Å². The number of hydrogen-bond acceptors (Lipinski definition) is 2. The fourth-order valence-electron chi connectivity index (χ4n) is 5.01. The van der Waals surface area contributed by atoms with Gasteiger partial charge in [0.15, 0.2) is 5.78 Å². The minimum atomic E-state index is 0.219. The third kappa shape index (κ3) is 5.10. The van der Waals surface area contributed by atoms with Gasteiger partial charge in [0.25, 0.3) is 0 Å². The molecule has 0 bridgehead atoms. The second kappa shape index (κ2) is 10.3. The van der Waals surface area contributed by atoms with E-state index in [9.17, 15) is 4.79 Å². The number of likely N-dealkylation sites (N-methyl/N-ethyl adjacent to an activating group) is 1. The van der Waals surface area contributed by atoms with E-state index in [4.69, 9.17) is 0 Å². The van der Waals surface area contributed by atoms with E-state index >= 15 is 0 Å². The Balaban J connectivity index is 1.86. The molecule has 1 heterocycles. The molecule has 0 radical (unpaired) electrons. The minimum absolute atomic E-state index is 0.219. The number of hydrogen-bond donors (Lipinski definition) is 0. The van der Waals surface area contributed by atoms with Gasteiger partial charge in [-0.25, -0.2) is 0 Å². The molecule has 166 valence electrons. The lowest BCUT2D eigenvalue weighted by Crippen LogP contribution is -2.38. The van der Waals surface area contributed by atoms with Crippen molar-refractivity contribution in [2.75, 3.05) is 13.1 Å². The number of ketones is 1. The van der Waals surface area contributed by atoms with Crippen LogP contribution in [0.1, 0.15) is 68.7 Å². The first-order chi connectivity index (χ1) is 14.9. The Hall–Kier alpha value is -2.39. The van der Waals surface area contributed by atoms with Gasteiger partial charge in [0.2, 0.25) is 0 Å². The molecule has 1 aromatic heterocycles. The van der Waals surface area contributed by atoms with Gasteiger partial charge in [0.1, 0.15) is 0 Å². The Morgan fingerprint density at radius 2 is 1.74 bits per heavy atom. The van der Waals surface area contributed by atoms with Crippen LogP contribution in [0.4, 0.5) is 0 Å². The van der Waals surface area contributed by atoms with Gasteiger partial charge in [-0.15, -0.1) is 0 Å². The highest BCUT2D eigenvalue weighted by atomic mass is 16.1. The fourth-order valence-corrected chi connectivity index (χ4v) is 5.01. The van der Waals surface area contributed by atoms with Gasteiger partial charge in [-0.2, -0.15) is 0 Å². The molecule has 3 rings (SSSR count). The fraction of sp³-hybridized carbons (Fsp3) is 0.464. The summed E-state index contributed by atoms with van der Waals surface area (Å²) in [5.74, 6) is 0.914. The van der Waals surface area contributed by atoms with E-state index < -0.39 is 0 Å². The molecule has 0 aliphatic heterocycles. The average Bonchev–Trinajstić information content (AvgIpc) is 3.05. The van der Waals surface area contributed by atoms with Crippen molar-refractivity contribution in [1.82, 2.24) is 9.47 Å². The normalized spacial score (nSPS) is 13.6. The second-order valence-electron chi connectivity index (χ2n) is 9.08. The van der Waals surface area contributed by atoms with Gasteiger partial charge in [-0.1, -0.05) is 70.0 Å². The topological polar surface area (TPSA) is 25.2 Å². The first kappa shape index (κ1) is 23.3. The largest absolute Gasteiger partial charge is 0.317 e. The van der Waals surface area contributed by atoms with E-state index in [1.807, 2.05) is 0 Å². The van der Waals surface area contributed by atoms with Crippen LogP contribution in [0.25, 0.3) is 16.5 Å². The molecule has 3 heteroatoms. The minimum Gasteiger partial charge on any atom is -0.317 e. The maximum atomic E-state index is 13.4. The summed E-state index contributed by atoms with van der Waals surface area (Å²) in [6.07, 6.45) is 3.62. The molecule has 2 unspecified atom stereocenters. The lowest BCUT2D eigenvalue weighted by atomic mass is 9.97. The van der Waals surface area contributed by atoms with Crippen LogP contribution >= 0.6 is 0 Å². The van der Waals surface area contributed by atoms with Crippen molar-refractivity contribution in [3.8, 4) is 5.69 Å². The lowest BCUT2D eigenvalue weighted by molar-refractivity contribution is 0.0890. The van der Waals surface area contributed by atoms with Crippen molar-refractivity contribution in [3.63, 3.8) is 0 Å². The molecule has 3 aromatic rings. The third-order valence-electron chi connectivity index (χ3n) is 6.64. The van der Waals surface area contributed by atoms with Crippen molar-refractivity contribution in [2.24, 2.45) is 5.92 Å². The van der Waals surface area contributed by atoms with E-state index in [-0.39, 0.29) is 5.78 Å². The molecular weight excluding hydrogens is 380 g/mol. The summed E-state index contributed by atoms with van der Waals surface area (Å²) < 4.78 is 2.23. The molecule has 0 saturated heterocycles. The number of aryl methyl sites for hydroxylation is 1. The summed E-state index contributed by atoms with van der Waals surface area (Å²) in [7, 11) is 0. The average molecular weight is 419 g/mol. The standard InChI is InChI=1S/C28H38N2O/c1-7-12-20(3)17-21(4)29(8-2)19-28(31)26-18-22(5)30(23(26)6)27-16-11-14-24-13-9-10-15-25(24)27/h9-11,13-16,18,20-21H,7-8,12,17,19H2,1-6H3. The number of aromatic nitrogens is 1. The van der Waals surface area contributed by atoms with Crippen LogP contribution in [0, 0.1) is 19.8 Å². The van der Waals surface area contributed by atoms with Crippen LogP contribution in [-0.4, -0.2) is 34.4 Å². The summed E-state index contributed by atoms with van der Waals surface area (Å²) in [4.78, 5) is 15.7. The van der Waals surface area contributed by atoms with E-state index in [1.165, 1.54) is 23.6 Å². The zero-order chi connectivity index (χ0) is 22.5. The number of carbonyl (C=O) groups is 1. The van der Waals surface area contributed by atoms with Gasteiger partial charge in [-0.05, 0) is 57.2 Å². The number of fused-ring (bicyclic) bond motifs is 1. The molecule has 3 nitrogen and oxygen atoms in total. The van der Waals surface area contributed by atoms with Gasteiger partial charge in [-0.3, -0.25) is 9.69 Å². The molecule has 0 spiro atoms. The number of rotatable bonds is 10. The Labute approximate surface area is 188 Å². The van der Waals surface area contributed by atoms with Gasteiger partial charge in [0.05, 0.1) is 12.2 Å². The molecule has 31 heavy (non-hydrogen) atoms. The highest BCUT2D eigenvalue weighted by Crippen LogP contribution is 2.28. The number of carbonyl (C=O) groups excluding carboxylic acids is 1. The Kier molecular flexibility index (Phi) is 7.72. The summed E-state index contributed by atoms with van der Waals surface area (Å²) in [5, 5.41) is 2.42. The smallest absolute Gasteiger partial charge is 0.178 e. The maximum Gasteiger partial charge on any atom is 0.178 e. The van der Waals surface area contributed by atoms with Crippen molar-refractivity contribution >= 4 is 16.6 Å². The Bertz CT molecular complexity index is 1030. The molecule has 0 saturated carbocycles. The molecule has 2 atom stereocenters. The van der Waals surface area contributed by atoms with Crippen LogP contribution < -0.4 is 0 Å². The number of Topliss-reactive ketones (excluding diaryl/α,β-unsaturated/α-hetero) is 1. The monoisotopic (exact) mass is 418 g/mol. The van der Waals surface area contributed by atoms with Crippen molar-refractivity contribution in [2.45, 2.75) is 66.8 Å². The van der Waals surface area contributed by atoms with Gasteiger partial charge >= 0.3 is 0 Å². The quantitative estimate of drug-likeness (QED) is 0.332. The van der Waals surface area contributed by atoms with Gasteiger partial charge in [0, 0.05) is 28.4 Å². The molecule has 0 N–H and O–H groups in total. The SMILES string of the molecule is CCCC(C)CC(C)N(CC)CC(=O)c1cc(C)n(-c2cccc3ccccc23)c1C. The molecular formula is C28H38N2O. The Morgan fingerprint density at radius 3 is 2.45 bits per heavy atom. The third-order valence-corrected chi connectivity index (χ3v) is 6.64. The summed E-state index contributed by atoms with van der Waals surface area (Å²) in [6, 6.07) is 17.3. The zero-order valence-corrected chi connectivity index (χ0v) is 20.1. The molecule has 0 fully saturated rings. The van der Waals surface area contributed by atoms with Crippen molar-refractivity contribution in [3.05, 3.63) is 65.5 Å². The second-order valence-corrected chi connectivity index (χ2v) is 9.08. The Morgan fingerprint density at radius 1 is 1.03 bits per heavy atom. The van der Waals surface area contributed by atoms with Crippen molar-refractivity contribution < 1.29 is 4.79 Å². The van der Waals surface area contributed by atoms with E-state index in [0.717, 1.165) is 35.6 Å². The number of benzene rings is 2. The van der Waals surface area contributed by atoms with Gasteiger partial charge < -0.3 is 4.57 Å². The highest BCUT2D eigenvalue weighted by Gasteiger charge is 2.22. The molecule has 0 aliphatic rings. The number of nitrogens with zero attached hydrogens (tertiary/aromatic N) is 2. The molecule has 0 aliphatic carbocycles. The summed E-state index contributed by atoms with van der Waals surface area (Å²) in [6.45, 7) is 14.5. The van der Waals surface area contributed by atoms with Crippen LogP contribution in [0.3, 0.4) is 0 Å². The lowest BCUT2D eigenvalue weighted by Gasteiger charge is -2.29. The van der Waals surface area contributed by atoms with Crippen LogP contribution in [0.5, 0.6) is 0 Å². The predicted octanol–water partition coefficient (Wildman–Crippen LogP) is 6.97. The predicted molar refractivity (Wildman–Crippen MR) is 132 cm³/mol. The van der Waals surface area contributed by atoms with E-state index in [0.29, 0.717) is 18.5 Å². The molecule has 0 amide bonds. The first-order valence-electron chi connectivity index (χ1n) is 11.8. The maximum absolute atomic E-state index is 13.4. The summed E-state index contributed by atoms with van der Waals surface area (Å²) >= 11 is 0. The van der Waals surface area contributed by atoms with Crippen molar-refractivity contribution in [1.29, 1.82) is 0 Å². The van der Waals surface area contributed by atoms with E-state index in [1.54, 1.807) is 0 Å². The first-order valence-corrected chi connectivity index (χ1v) is 11.8. The van der Waals surface area contributed by atoms with Crippen LogP contribution in [0.15, 0.2) is 48.5 Å². The zero-order valence-electron chi connectivity index (χ0n) is 20.1. The molecule has 2 aromatic carbocycles.